The first kappa shape index (κ1) is 11.9. The molecule has 2 fully saturated rings. The van der Waals surface area contributed by atoms with Crippen molar-refractivity contribution in [2.45, 2.75) is 24.5 Å². The topological polar surface area (TPSA) is 93.0 Å². The molecule has 1 aliphatic heterocycles. The van der Waals surface area contributed by atoms with Crippen LogP contribution in [0.15, 0.2) is 18.2 Å². The van der Waals surface area contributed by atoms with Gasteiger partial charge in [-0.1, -0.05) is 6.07 Å². The molecule has 2 heterocycles. The zero-order chi connectivity index (χ0) is 13.7. The Morgan fingerprint density at radius 3 is 2.95 bits per heavy atom. The Morgan fingerprint density at radius 2 is 2.30 bits per heavy atom. The molecule has 4 rings (SSSR count). The molecular weight excluding hydrogens is 256 g/mol. The molecule has 2 aliphatic rings. The van der Waals surface area contributed by atoms with Gasteiger partial charge in [-0.05, 0) is 25.0 Å². The van der Waals surface area contributed by atoms with Gasteiger partial charge >= 0.3 is 0 Å². The van der Waals surface area contributed by atoms with Crippen LogP contribution in [0, 0.1) is 0 Å². The molecule has 1 aliphatic carbocycles. The van der Waals surface area contributed by atoms with E-state index in [1.165, 1.54) is 0 Å². The maximum atomic E-state index is 11.4. The predicted molar refractivity (Wildman–Crippen MR) is 73.3 cm³/mol. The average molecular weight is 272 g/mol. The molecule has 0 radical (unpaired) electrons. The van der Waals surface area contributed by atoms with Gasteiger partial charge in [0.05, 0.1) is 29.3 Å². The number of benzene rings is 1. The Balaban J connectivity index is 1.67. The summed E-state index contributed by atoms with van der Waals surface area (Å²) in [5.41, 5.74) is 7.36. The molecule has 2 aromatic rings. The fourth-order valence-electron chi connectivity index (χ4n) is 2.73. The Bertz CT molecular complexity index is 680. The third kappa shape index (κ3) is 1.80. The summed E-state index contributed by atoms with van der Waals surface area (Å²) in [4.78, 5) is 19.2. The highest BCUT2D eigenvalue weighted by atomic mass is 16.5. The number of para-hydroxylation sites is 1. The van der Waals surface area contributed by atoms with Crippen LogP contribution in [0.5, 0.6) is 0 Å². The fourth-order valence-corrected chi connectivity index (χ4v) is 2.73. The molecule has 1 saturated heterocycles. The SMILES string of the molecule is NC(=O)c1cccc2[nH]c(C3COC4(CC4)CN3)nc12. The molecule has 1 amide bonds. The van der Waals surface area contributed by atoms with Gasteiger partial charge in [0.25, 0.3) is 5.91 Å². The smallest absolute Gasteiger partial charge is 0.250 e. The normalized spacial score (nSPS) is 24.1. The van der Waals surface area contributed by atoms with E-state index in [1.54, 1.807) is 12.1 Å². The highest BCUT2D eigenvalue weighted by Crippen LogP contribution is 2.42. The number of hydrogen-bond donors (Lipinski definition) is 3. The van der Waals surface area contributed by atoms with Gasteiger partial charge in [-0.3, -0.25) is 4.79 Å². The van der Waals surface area contributed by atoms with Crippen LogP contribution >= 0.6 is 0 Å². The number of fused-ring (bicyclic) bond motifs is 1. The van der Waals surface area contributed by atoms with E-state index >= 15 is 0 Å². The number of nitrogens with two attached hydrogens (primary N) is 1. The largest absolute Gasteiger partial charge is 0.372 e. The van der Waals surface area contributed by atoms with E-state index in [0.29, 0.717) is 17.7 Å². The van der Waals surface area contributed by atoms with Crippen molar-refractivity contribution in [2.75, 3.05) is 13.2 Å². The summed E-state index contributed by atoms with van der Waals surface area (Å²) in [6.45, 7) is 1.46. The molecule has 1 aromatic carbocycles. The van der Waals surface area contributed by atoms with Crippen LogP contribution in [0.4, 0.5) is 0 Å². The molecule has 104 valence electrons. The first-order valence-electron chi connectivity index (χ1n) is 6.83. The second-order valence-electron chi connectivity index (χ2n) is 5.62. The summed E-state index contributed by atoms with van der Waals surface area (Å²) in [5.74, 6) is 0.336. The molecule has 1 saturated carbocycles. The lowest BCUT2D eigenvalue weighted by Crippen LogP contribution is -2.43. The standard InChI is InChI=1S/C14H16N4O2/c15-12(19)8-2-1-3-9-11(8)18-13(17-9)10-6-20-14(4-5-14)7-16-10/h1-3,10,16H,4-7H2,(H2,15,19)(H,17,18). The number of rotatable bonds is 2. The van der Waals surface area contributed by atoms with Crippen LogP contribution < -0.4 is 11.1 Å². The number of H-pyrrole nitrogens is 1. The fraction of sp³-hybridized carbons (Fsp3) is 0.429. The monoisotopic (exact) mass is 272 g/mol. The van der Waals surface area contributed by atoms with E-state index in [0.717, 1.165) is 30.7 Å². The van der Waals surface area contributed by atoms with Gasteiger partial charge < -0.3 is 20.8 Å². The molecule has 4 N–H and O–H groups in total. The van der Waals surface area contributed by atoms with E-state index < -0.39 is 5.91 Å². The van der Waals surface area contributed by atoms with Gasteiger partial charge in [0, 0.05) is 6.54 Å². The Hall–Kier alpha value is -1.92. The van der Waals surface area contributed by atoms with Crippen molar-refractivity contribution in [3.8, 4) is 0 Å². The van der Waals surface area contributed by atoms with E-state index in [-0.39, 0.29) is 11.6 Å². The number of aromatic amines is 1. The number of aromatic nitrogens is 2. The van der Waals surface area contributed by atoms with Crippen molar-refractivity contribution in [3.63, 3.8) is 0 Å². The number of carbonyl (C=O) groups is 1. The minimum Gasteiger partial charge on any atom is -0.372 e. The molecule has 6 heteroatoms. The molecular formula is C14H16N4O2. The van der Waals surface area contributed by atoms with Crippen LogP contribution in [0.2, 0.25) is 0 Å². The summed E-state index contributed by atoms with van der Waals surface area (Å²) in [6.07, 6.45) is 2.28. The summed E-state index contributed by atoms with van der Waals surface area (Å²) >= 11 is 0. The maximum Gasteiger partial charge on any atom is 0.250 e. The molecule has 1 aromatic heterocycles. The van der Waals surface area contributed by atoms with Gasteiger partial charge in [0.2, 0.25) is 0 Å². The summed E-state index contributed by atoms with van der Waals surface area (Å²) in [7, 11) is 0. The maximum absolute atomic E-state index is 11.4. The van der Waals surface area contributed by atoms with E-state index in [2.05, 4.69) is 15.3 Å². The van der Waals surface area contributed by atoms with Gasteiger partial charge in [0.15, 0.2) is 0 Å². The number of nitrogens with zero attached hydrogens (tertiary/aromatic N) is 1. The number of morpholine rings is 1. The molecule has 0 bridgehead atoms. The second kappa shape index (κ2) is 4.04. The first-order chi connectivity index (χ1) is 9.67. The number of imidazole rings is 1. The van der Waals surface area contributed by atoms with E-state index in [1.807, 2.05) is 6.07 Å². The number of hydrogen-bond acceptors (Lipinski definition) is 4. The molecule has 1 atom stereocenters. The van der Waals surface area contributed by atoms with Crippen molar-refractivity contribution < 1.29 is 9.53 Å². The average Bonchev–Trinajstić information content (AvgIpc) is 3.05. The zero-order valence-corrected chi connectivity index (χ0v) is 11.0. The molecule has 6 nitrogen and oxygen atoms in total. The van der Waals surface area contributed by atoms with Gasteiger partial charge in [-0.15, -0.1) is 0 Å². The number of amides is 1. The Morgan fingerprint density at radius 1 is 1.45 bits per heavy atom. The van der Waals surface area contributed by atoms with Crippen LogP contribution in [-0.4, -0.2) is 34.6 Å². The number of primary amides is 1. The lowest BCUT2D eigenvalue weighted by molar-refractivity contribution is -0.0165. The minimum absolute atomic E-state index is 0.0364. The van der Waals surface area contributed by atoms with E-state index in [9.17, 15) is 4.79 Å². The van der Waals surface area contributed by atoms with Crippen molar-refractivity contribution in [1.82, 2.24) is 15.3 Å². The van der Waals surface area contributed by atoms with Gasteiger partial charge in [0.1, 0.15) is 11.3 Å². The third-order valence-electron chi connectivity index (χ3n) is 4.16. The number of nitrogens with one attached hydrogen (secondary N) is 2. The van der Waals surface area contributed by atoms with Crippen LogP contribution in [-0.2, 0) is 4.74 Å². The predicted octanol–water partition coefficient (Wildman–Crippen LogP) is 0.855. The first-order valence-corrected chi connectivity index (χ1v) is 6.83. The Labute approximate surface area is 115 Å². The Kier molecular flexibility index (Phi) is 2.40. The summed E-state index contributed by atoms with van der Waals surface area (Å²) in [6, 6.07) is 5.42. The second-order valence-corrected chi connectivity index (χ2v) is 5.62. The van der Waals surface area contributed by atoms with Crippen molar-refractivity contribution in [1.29, 1.82) is 0 Å². The molecule has 20 heavy (non-hydrogen) atoms. The summed E-state index contributed by atoms with van der Waals surface area (Å²) < 4.78 is 5.90. The molecule has 1 spiro atoms. The highest BCUT2D eigenvalue weighted by molar-refractivity contribution is 6.04. The van der Waals surface area contributed by atoms with Gasteiger partial charge in [-0.2, -0.15) is 0 Å². The minimum atomic E-state index is -0.460. The molecule has 1 unspecified atom stereocenters. The van der Waals surface area contributed by atoms with Crippen LogP contribution in [0.3, 0.4) is 0 Å². The van der Waals surface area contributed by atoms with E-state index in [4.69, 9.17) is 10.5 Å². The zero-order valence-electron chi connectivity index (χ0n) is 11.0. The quantitative estimate of drug-likeness (QED) is 0.755. The van der Waals surface area contributed by atoms with Crippen molar-refractivity contribution >= 4 is 16.9 Å². The summed E-state index contributed by atoms with van der Waals surface area (Å²) in [5, 5.41) is 3.46. The van der Waals surface area contributed by atoms with Gasteiger partial charge in [-0.25, -0.2) is 4.98 Å². The van der Waals surface area contributed by atoms with Crippen molar-refractivity contribution in [2.24, 2.45) is 5.73 Å². The third-order valence-corrected chi connectivity index (χ3v) is 4.16. The highest BCUT2D eigenvalue weighted by Gasteiger charge is 2.47. The lowest BCUT2D eigenvalue weighted by Gasteiger charge is -2.29. The number of carbonyl (C=O) groups excluding carboxylic acids is 1. The van der Waals surface area contributed by atoms with Crippen LogP contribution in [0.25, 0.3) is 11.0 Å². The van der Waals surface area contributed by atoms with Crippen molar-refractivity contribution in [3.05, 3.63) is 29.6 Å². The lowest BCUT2D eigenvalue weighted by atomic mass is 10.2. The number of ether oxygens (including phenoxy) is 1. The van der Waals surface area contributed by atoms with Crippen LogP contribution in [0.1, 0.15) is 35.1 Å².